The molecule has 0 fully saturated rings. The van der Waals surface area contributed by atoms with E-state index < -0.39 is 0 Å². The van der Waals surface area contributed by atoms with Crippen LogP contribution in [0, 0.1) is 5.41 Å². The average Bonchev–Trinajstić information content (AvgIpc) is 2.26. The maximum atomic E-state index is 12.1. The van der Waals surface area contributed by atoms with Gasteiger partial charge >= 0.3 is 0 Å². The molecular weight excluding hydrogens is 310 g/mol. The minimum absolute atomic E-state index is 0.00847. The molecule has 0 aromatic heterocycles. The lowest BCUT2D eigenvalue weighted by atomic mass is 9.84. The fourth-order valence-corrected chi connectivity index (χ4v) is 2.13. The first kappa shape index (κ1) is 16.0. The van der Waals surface area contributed by atoms with E-state index in [4.69, 9.17) is 5.11 Å². The van der Waals surface area contributed by atoms with Gasteiger partial charge in [-0.05, 0) is 30.0 Å². The molecule has 0 bridgehead atoms. The normalized spacial score (nSPS) is 13.1. The minimum atomic E-state index is -0.335. The van der Waals surface area contributed by atoms with Crippen LogP contribution in [0.1, 0.15) is 37.6 Å². The second-order valence-corrected chi connectivity index (χ2v) is 6.48. The summed E-state index contributed by atoms with van der Waals surface area (Å²) in [6.45, 7) is 5.99. The number of nitrogens with one attached hydrogen (secondary N) is 1. The molecule has 1 aromatic rings. The Hall–Kier alpha value is -1.07. The molecule has 1 rings (SSSR count). The van der Waals surface area contributed by atoms with Crippen molar-refractivity contribution < 1.29 is 15.0 Å². The zero-order valence-electron chi connectivity index (χ0n) is 11.4. The molecule has 3 N–H and O–H groups in total. The third-order valence-corrected chi connectivity index (χ3v) is 3.47. The number of carbonyl (C=O) groups excluding carboxylic acids is 1. The summed E-state index contributed by atoms with van der Waals surface area (Å²) in [4.78, 5) is 12.1. The van der Waals surface area contributed by atoms with E-state index in [9.17, 15) is 9.90 Å². The van der Waals surface area contributed by atoms with Gasteiger partial charge in [0.1, 0.15) is 5.75 Å². The Kier molecular flexibility index (Phi) is 5.38. The number of phenols is 1. The molecule has 1 unspecified atom stereocenters. The topological polar surface area (TPSA) is 69.6 Å². The van der Waals surface area contributed by atoms with E-state index in [0.29, 0.717) is 10.9 Å². The van der Waals surface area contributed by atoms with Crippen LogP contribution >= 0.6 is 15.9 Å². The first-order chi connectivity index (χ1) is 8.75. The summed E-state index contributed by atoms with van der Waals surface area (Å²) in [6, 6.07) is 4.58. The summed E-state index contributed by atoms with van der Waals surface area (Å²) in [5.74, 6) is -0.401. The molecule has 19 heavy (non-hydrogen) atoms. The van der Waals surface area contributed by atoms with E-state index >= 15 is 0 Å². The van der Waals surface area contributed by atoms with Crippen LogP contribution in [0.5, 0.6) is 5.75 Å². The highest BCUT2D eigenvalue weighted by Gasteiger charge is 2.26. The molecule has 1 atom stereocenters. The highest BCUT2D eigenvalue weighted by molar-refractivity contribution is 9.10. The van der Waals surface area contributed by atoms with Gasteiger partial charge in [-0.1, -0.05) is 36.7 Å². The standard InChI is InChI=1S/C14H20BrNO3/c1-14(2,3)12(6-7-17)16-13(19)10-5-4-9(15)8-11(10)18/h4-5,8,12,17-18H,6-7H2,1-3H3,(H,16,19). The third kappa shape index (κ3) is 4.51. The minimum Gasteiger partial charge on any atom is -0.507 e. The SMILES string of the molecule is CC(C)(C)C(CCO)NC(=O)c1ccc(Br)cc1O. The number of halogens is 1. The number of phenolic OH excluding ortho intramolecular Hbond substituents is 1. The quantitative estimate of drug-likeness (QED) is 0.795. The van der Waals surface area contributed by atoms with Crippen molar-refractivity contribution in [3.63, 3.8) is 0 Å². The van der Waals surface area contributed by atoms with Crippen molar-refractivity contribution in [3.8, 4) is 5.75 Å². The monoisotopic (exact) mass is 329 g/mol. The molecule has 1 amide bonds. The first-order valence-electron chi connectivity index (χ1n) is 6.16. The van der Waals surface area contributed by atoms with Crippen LogP contribution in [0.15, 0.2) is 22.7 Å². The van der Waals surface area contributed by atoms with Crippen molar-refractivity contribution in [2.24, 2.45) is 5.41 Å². The predicted octanol–water partition coefficient (Wildman–Crippen LogP) is 2.68. The highest BCUT2D eigenvalue weighted by Crippen LogP contribution is 2.25. The Balaban J connectivity index is 2.88. The Bertz CT molecular complexity index is 454. The van der Waals surface area contributed by atoms with Crippen molar-refractivity contribution in [2.75, 3.05) is 6.61 Å². The molecule has 0 saturated heterocycles. The number of amides is 1. The Morgan fingerprint density at radius 2 is 2.05 bits per heavy atom. The summed E-state index contributed by atoms with van der Waals surface area (Å²) < 4.78 is 0.712. The Morgan fingerprint density at radius 3 is 2.53 bits per heavy atom. The van der Waals surface area contributed by atoms with Crippen LogP contribution in [0.3, 0.4) is 0 Å². The van der Waals surface area contributed by atoms with Crippen molar-refractivity contribution in [1.29, 1.82) is 0 Å². The van der Waals surface area contributed by atoms with E-state index in [1.54, 1.807) is 12.1 Å². The van der Waals surface area contributed by atoms with E-state index in [1.165, 1.54) is 6.07 Å². The second kappa shape index (κ2) is 6.39. The van der Waals surface area contributed by atoms with Crippen LogP contribution in [0.4, 0.5) is 0 Å². The van der Waals surface area contributed by atoms with Gasteiger partial charge in [0.2, 0.25) is 0 Å². The molecule has 5 heteroatoms. The number of rotatable bonds is 4. The number of hydrogen-bond acceptors (Lipinski definition) is 3. The smallest absolute Gasteiger partial charge is 0.255 e. The molecule has 0 radical (unpaired) electrons. The molecule has 0 heterocycles. The largest absolute Gasteiger partial charge is 0.507 e. The molecule has 0 spiro atoms. The molecule has 0 aliphatic heterocycles. The van der Waals surface area contributed by atoms with E-state index in [2.05, 4.69) is 21.2 Å². The lowest BCUT2D eigenvalue weighted by Gasteiger charge is -2.31. The third-order valence-electron chi connectivity index (χ3n) is 2.97. The van der Waals surface area contributed by atoms with E-state index in [-0.39, 0.29) is 35.3 Å². The fraction of sp³-hybridized carbons (Fsp3) is 0.500. The van der Waals surface area contributed by atoms with Crippen molar-refractivity contribution >= 4 is 21.8 Å². The lowest BCUT2D eigenvalue weighted by Crippen LogP contribution is -2.44. The number of aliphatic hydroxyl groups is 1. The van der Waals surface area contributed by atoms with Gasteiger partial charge in [-0.3, -0.25) is 4.79 Å². The first-order valence-corrected chi connectivity index (χ1v) is 6.95. The maximum Gasteiger partial charge on any atom is 0.255 e. The van der Waals surface area contributed by atoms with Crippen LogP contribution in [0.2, 0.25) is 0 Å². The van der Waals surface area contributed by atoms with Crippen LogP contribution in [0.25, 0.3) is 0 Å². The zero-order chi connectivity index (χ0) is 14.6. The van der Waals surface area contributed by atoms with Gasteiger partial charge in [0.05, 0.1) is 5.56 Å². The average molecular weight is 330 g/mol. The van der Waals surface area contributed by atoms with Gasteiger partial charge in [-0.25, -0.2) is 0 Å². The molecule has 106 valence electrons. The van der Waals surface area contributed by atoms with Crippen molar-refractivity contribution in [1.82, 2.24) is 5.32 Å². The molecule has 0 saturated carbocycles. The number of aromatic hydroxyl groups is 1. The van der Waals surface area contributed by atoms with Crippen molar-refractivity contribution in [3.05, 3.63) is 28.2 Å². The Morgan fingerprint density at radius 1 is 1.42 bits per heavy atom. The van der Waals surface area contributed by atoms with E-state index in [1.807, 2.05) is 20.8 Å². The van der Waals surface area contributed by atoms with E-state index in [0.717, 1.165) is 0 Å². The summed E-state index contributed by atoms with van der Waals surface area (Å²) in [5, 5.41) is 21.7. The Labute approximate surface area is 122 Å². The van der Waals surface area contributed by atoms with Gasteiger partial charge in [-0.2, -0.15) is 0 Å². The van der Waals surface area contributed by atoms with Gasteiger partial charge in [0.25, 0.3) is 5.91 Å². The van der Waals surface area contributed by atoms with Crippen LogP contribution in [-0.4, -0.2) is 28.8 Å². The van der Waals surface area contributed by atoms with Gasteiger partial charge in [0.15, 0.2) is 0 Å². The number of hydrogen-bond donors (Lipinski definition) is 3. The molecular formula is C14H20BrNO3. The maximum absolute atomic E-state index is 12.1. The predicted molar refractivity (Wildman–Crippen MR) is 78.2 cm³/mol. The van der Waals surface area contributed by atoms with Crippen LogP contribution < -0.4 is 5.32 Å². The number of benzene rings is 1. The lowest BCUT2D eigenvalue weighted by molar-refractivity contribution is 0.0882. The molecule has 0 aliphatic carbocycles. The molecule has 0 aliphatic rings. The molecule has 1 aromatic carbocycles. The number of carbonyl (C=O) groups is 1. The summed E-state index contributed by atoms with van der Waals surface area (Å²) >= 11 is 3.23. The van der Waals surface area contributed by atoms with Crippen molar-refractivity contribution in [2.45, 2.75) is 33.2 Å². The van der Waals surface area contributed by atoms with Crippen LogP contribution in [-0.2, 0) is 0 Å². The molecule has 4 nitrogen and oxygen atoms in total. The van der Waals surface area contributed by atoms with Gasteiger partial charge in [0, 0.05) is 17.1 Å². The fourth-order valence-electron chi connectivity index (χ4n) is 1.78. The second-order valence-electron chi connectivity index (χ2n) is 5.57. The van der Waals surface area contributed by atoms with Gasteiger partial charge in [-0.15, -0.1) is 0 Å². The summed E-state index contributed by atoms with van der Waals surface area (Å²) in [6.07, 6.45) is 0.479. The summed E-state index contributed by atoms with van der Waals surface area (Å²) in [7, 11) is 0. The number of aliphatic hydroxyl groups excluding tert-OH is 1. The summed E-state index contributed by atoms with van der Waals surface area (Å²) in [5.41, 5.74) is 0.0685. The van der Waals surface area contributed by atoms with Gasteiger partial charge < -0.3 is 15.5 Å². The zero-order valence-corrected chi connectivity index (χ0v) is 13.0. The highest BCUT2D eigenvalue weighted by atomic mass is 79.9.